The van der Waals surface area contributed by atoms with Gasteiger partial charge in [0.2, 0.25) is 0 Å². The Labute approximate surface area is 40.7 Å². The van der Waals surface area contributed by atoms with Gasteiger partial charge >= 0.3 is 0 Å². The van der Waals surface area contributed by atoms with Crippen LogP contribution < -0.4 is 0 Å². The highest BCUT2D eigenvalue weighted by molar-refractivity contribution is 8.22. The zero-order chi connectivity index (χ0) is 4.12. The van der Waals surface area contributed by atoms with Gasteiger partial charge in [-0.2, -0.15) is 0 Å². The lowest BCUT2D eigenvalue weighted by Crippen LogP contribution is -1.38. The normalized spacial score (nSPS) is 7.40. The van der Waals surface area contributed by atoms with Gasteiger partial charge in [0, 0.05) is 0 Å². The molecule has 0 aromatic rings. The highest BCUT2D eigenvalue weighted by Crippen LogP contribution is 2.08. The van der Waals surface area contributed by atoms with Crippen LogP contribution in [-0.4, -0.2) is 0 Å². The van der Waals surface area contributed by atoms with Crippen molar-refractivity contribution in [3.05, 3.63) is 18.4 Å². The van der Waals surface area contributed by atoms with Gasteiger partial charge in [0.1, 0.15) is 0 Å². The smallest absolute Gasteiger partial charge is 0.0542 e. The Morgan fingerprint density at radius 1 is 1.80 bits per heavy atom. The highest BCUT2D eigenvalue weighted by Gasteiger charge is 1.65. The minimum atomic E-state index is 1.13. The van der Waals surface area contributed by atoms with Crippen LogP contribution >= 0.6 is 21.7 Å². The Balaban J connectivity index is 2.40. The van der Waals surface area contributed by atoms with Crippen LogP contribution in [0, 0.1) is 5.75 Å². The summed E-state index contributed by atoms with van der Waals surface area (Å²) in [5.74, 6) is 1.70. The SMILES string of the molecule is C=C[CH]SCl. The zero-order valence-electron chi connectivity index (χ0n) is 2.65. The summed E-state index contributed by atoms with van der Waals surface area (Å²) in [5, 5.41) is 0. The van der Waals surface area contributed by atoms with E-state index < -0.39 is 0 Å². The van der Waals surface area contributed by atoms with Crippen molar-refractivity contribution in [1.29, 1.82) is 0 Å². The summed E-state index contributed by atoms with van der Waals surface area (Å²) in [5.41, 5.74) is 0. The molecule has 0 heterocycles. The summed E-state index contributed by atoms with van der Waals surface area (Å²) in [4.78, 5) is 0. The lowest BCUT2D eigenvalue weighted by molar-refractivity contribution is 2.10. The highest BCUT2D eigenvalue weighted by atomic mass is 35.7. The van der Waals surface area contributed by atoms with Crippen LogP contribution in [0.2, 0.25) is 0 Å². The third-order valence-electron chi connectivity index (χ3n) is 0.148. The second-order valence-electron chi connectivity index (χ2n) is 0.461. The van der Waals surface area contributed by atoms with Crippen LogP contribution in [0.1, 0.15) is 0 Å². The van der Waals surface area contributed by atoms with Gasteiger partial charge in [-0.3, -0.25) is 0 Å². The number of hydrogen-bond donors (Lipinski definition) is 0. The summed E-state index contributed by atoms with van der Waals surface area (Å²) in [6.07, 6.45) is 1.64. The van der Waals surface area contributed by atoms with Crippen molar-refractivity contribution in [3.8, 4) is 0 Å². The average molecular weight is 108 g/mol. The maximum atomic E-state index is 5.09. The minimum Gasteiger partial charge on any atom is -0.102 e. The van der Waals surface area contributed by atoms with Crippen molar-refractivity contribution in [2.24, 2.45) is 0 Å². The Kier molecular flexibility index (Phi) is 4.71. The van der Waals surface area contributed by atoms with Crippen LogP contribution in [0.4, 0.5) is 0 Å². The Hall–Kier alpha value is 0.380. The fraction of sp³-hybridized carbons (Fsp3) is 0. The van der Waals surface area contributed by atoms with Gasteiger partial charge in [0.15, 0.2) is 0 Å². The second-order valence-corrected chi connectivity index (χ2v) is 1.45. The molecule has 2 heteroatoms. The van der Waals surface area contributed by atoms with E-state index in [4.69, 9.17) is 10.7 Å². The first-order chi connectivity index (χ1) is 2.41. The first-order valence-corrected chi connectivity index (χ1v) is 2.84. The molecule has 0 fully saturated rings. The molecule has 0 amide bonds. The third kappa shape index (κ3) is 4.38. The molecule has 0 spiro atoms. The molecular formula is C3H4ClS. The Bertz CT molecular complexity index is 28.1. The van der Waals surface area contributed by atoms with Gasteiger partial charge in [-0.25, -0.2) is 0 Å². The molecule has 0 saturated heterocycles. The van der Waals surface area contributed by atoms with Crippen LogP contribution in [0.25, 0.3) is 0 Å². The van der Waals surface area contributed by atoms with E-state index in [0.29, 0.717) is 0 Å². The maximum Gasteiger partial charge on any atom is 0.0542 e. The quantitative estimate of drug-likeness (QED) is 0.522. The summed E-state index contributed by atoms with van der Waals surface area (Å²) < 4.78 is 0. The van der Waals surface area contributed by atoms with E-state index in [1.54, 1.807) is 11.8 Å². The molecule has 1 radical (unpaired) electrons. The molecule has 29 valence electrons. The first kappa shape index (κ1) is 5.38. The van der Waals surface area contributed by atoms with Crippen molar-refractivity contribution in [2.75, 3.05) is 0 Å². The summed E-state index contributed by atoms with van der Waals surface area (Å²) in [6, 6.07) is 0. The molecule has 0 unspecified atom stereocenters. The predicted octanol–water partition coefficient (Wildman–Crippen LogP) is 2.22. The molecule has 0 aromatic carbocycles. The minimum absolute atomic E-state index is 1.13. The third-order valence-corrected chi connectivity index (χ3v) is 0.752. The first-order valence-electron chi connectivity index (χ1n) is 1.13. The lowest BCUT2D eigenvalue weighted by atomic mass is 10.8. The van der Waals surface area contributed by atoms with E-state index in [1.807, 2.05) is 0 Å². The van der Waals surface area contributed by atoms with E-state index in [2.05, 4.69) is 6.58 Å². The largest absolute Gasteiger partial charge is 0.102 e. The molecule has 0 aliphatic heterocycles. The van der Waals surface area contributed by atoms with Gasteiger partial charge < -0.3 is 0 Å². The van der Waals surface area contributed by atoms with Crippen molar-refractivity contribution in [1.82, 2.24) is 0 Å². The van der Waals surface area contributed by atoms with Gasteiger partial charge in [-0.15, -0.1) is 6.58 Å². The standard InChI is InChI=1S/C3H4ClS/c1-2-3-5-4/h2-3H,1H2. The fourth-order valence-electron chi connectivity index (χ4n) is 0.0364. The molecule has 0 atom stereocenters. The molecule has 0 bridgehead atoms. The van der Waals surface area contributed by atoms with E-state index in [1.165, 1.54) is 0 Å². The summed E-state index contributed by atoms with van der Waals surface area (Å²) in [7, 11) is 6.22. The molecule has 0 nitrogen and oxygen atoms in total. The summed E-state index contributed by atoms with van der Waals surface area (Å²) in [6.45, 7) is 3.39. The van der Waals surface area contributed by atoms with Gasteiger partial charge in [0.05, 0.1) is 5.75 Å². The molecule has 0 saturated carbocycles. The van der Waals surface area contributed by atoms with E-state index in [9.17, 15) is 0 Å². The summed E-state index contributed by atoms with van der Waals surface area (Å²) >= 11 is 0. The topological polar surface area (TPSA) is 0 Å². The molecule has 5 heavy (non-hydrogen) atoms. The molecule has 0 aromatic heterocycles. The van der Waals surface area contributed by atoms with Crippen LogP contribution in [0.5, 0.6) is 0 Å². The van der Waals surface area contributed by atoms with Crippen LogP contribution in [0.15, 0.2) is 12.7 Å². The fourth-order valence-corrected chi connectivity index (χ4v) is 0.327. The maximum absolute atomic E-state index is 5.09. The Morgan fingerprint density at radius 2 is 2.40 bits per heavy atom. The van der Waals surface area contributed by atoms with Crippen molar-refractivity contribution in [3.63, 3.8) is 0 Å². The molecular weight excluding hydrogens is 104 g/mol. The predicted molar refractivity (Wildman–Crippen MR) is 27.9 cm³/mol. The average Bonchev–Trinajstić information content (AvgIpc) is 1.41. The zero-order valence-corrected chi connectivity index (χ0v) is 4.22. The van der Waals surface area contributed by atoms with Gasteiger partial charge in [0.25, 0.3) is 0 Å². The Morgan fingerprint density at radius 3 is 2.40 bits per heavy atom. The number of rotatable bonds is 2. The van der Waals surface area contributed by atoms with E-state index in [0.717, 1.165) is 11.0 Å². The lowest BCUT2D eigenvalue weighted by Gasteiger charge is -1.69. The van der Waals surface area contributed by atoms with Gasteiger partial charge in [-0.05, 0) is 21.7 Å². The molecule has 0 rings (SSSR count). The molecule has 0 aliphatic rings. The van der Waals surface area contributed by atoms with Gasteiger partial charge in [-0.1, -0.05) is 6.08 Å². The monoisotopic (exact) mass is 107 g/mol. The van der Waals surface area contributed by atoms with Crippen molar-refractivity contribution >= 4 is 21.7 Å². The number of hydrogen-bond acceptors (Lipinski definition) is 1. The van der Waals surface area contributed by atoms with E-state index >= 15 is 0 Å². The molecule has 0 aliphatic carbocycles. The van der Waals surface area contributed by atoms with Crippen LogP contribution in [-0.2, 0) is 0 Å². The van der Waals surface area contributed by atoms with Crippen molar-refractivity contribution < 1.29 is 0 Å². The van der Waals surface area contributed by atoms with E-state index in [-0.39, 0.29) is 0 Å². The number of halogens is 1. The second kappa shape index (κ2) is 4.38. The van der Waals surface area contributed by atoms with Crippen molar-refractivity contribution in [2.45, 2.75) is 0 Å². The molecule has 0 N–H and O–H groups in total. The van der Waals surface area contributed by atoms with Crippen LogP contribution in [0.3, 0.4) is 0 Å².